The maximum absolute atomic E-state index is 9.15. The number of nitrogens with one attached hydrogen (secondary N) is 1. The molecule has 112 valence electrons. The Hall–Kier alpha value is -1.36. The highest BCUT2D eigenvalue weighted by Gasteiger charge is 2.05. The van der Waals surface area contributed by atoms with Crippen molar-refractivity contribution in [2.45, 2.75) is 26.5 Å². The monoisotopic (exact) mass is 349 g/mol. The summed E-state index contributed by atoms with van der Waals surface area (Å²) in [4.78, 5) is 0. The lowest BCUT2D eigenvalue weighted by atomic mass is 10.2. The van der Waals surface area contributed by atoms with Gasteiger partial charge in [-0.3, -0.25) is 0 Å². The first-order valence-electron chi connectivity index (χ1n) is 7.09. The highest BCUT2D eigenvalue weighted by Crippen LogP contribution is 2.30. The van der Waals surface area contributed by atoms with Crippen LogP contribution in [0.5, 0.6) is 11.5 Å². The molecule has 3 nitrogen and oxygen atoms in total. The molecule has 0 spiro atoms. The van der Waals surface area contributed by atoms with Gasteiger partial charge in [0.15, 0.2) is 0 Å². The van der Waals surface area contributed by atoms with E-state index in [0.29, 0.717) is 0 Å². The van der Waals surface area contributed by atoms with Crippen LogP contribution in [0.2, 0.25) is 0 Å². The Morgan fingerprint density at radius 1 is 1.14 bits per heavy atom. The van der Waals surface area contributed by atoms with Gasteiger partial charge in [-0.15, -0.1) is 0 Å². The van der Waals surface area contributed by atoms with Crippen LogP contribution in [0.25, 0.3) is 0 Å². The van der Waals surface area contributed by atoms with Crippen molar-refractivity contribution >= 4 is 15.9 Å². The van der Waals surface area contributed by atoms with Gasteiger partial charge in [0.1, 0.15) is 11.5 Å². The van der Waals surface area contributed by atoms with Gasteiger partial charge in [0.25, 0.3) is 0 Å². The highest BCUT2D eigenvalue weighted by molar-refractivity contribution is 9.10. The fraction of sp³-hybridized carbons (Fsp3) is 0.294. The van der Waals surface area contributed by atoms with Crippen LogP contribution in [-0.4, -0.2) is 11.7 Å². The third kappa shape index (κ3) is 4.84. The Morgan fingerprint density at radius 2 is 2.00 bits per heavy atom. The summed E-state index contributed by atoms with van der Waals surface area (Å²) in [6, 6.07) is 13.5. The molecule has 0 saturated heterocycles. The maximum atomic E-state index is 9.15. The average Bonchev–Trinajstić information content (AvgIpc) is 2.50. The van der Waals surface area contributed by atoms with Crippen LogP contribution < -0.4 is 10.1 Å². The lowest BCUT2D eigenvalue weighted by Crippen LogP contribution is -2.13. The quantitative estimate of drug-likeness (QED) is 0.734. The molecule has 2 aromatic rings. The summed E-state index contributed by atoms with van der Waals surface area (Å²) in [6.07, 6.45) is 1.13. The molecule has 0 aromatic heterocycles. The summed E-state index contributed by atoms with van der Waals surface area (Å²) in [5.74, 6) is 1.49. The molecule has 0 atom stereocenters. The van der Waals surface area contributed by atoms with Gasteiger partial charge in [0, 0.05) is 6.54 Å². The smallest absolute Gasteiger partial charge is 0.141 e. The molecule has 21 heavy (non-hydrogen) atoms. The van der Waals surface area contributed by atoms with Gasteiger partial charge in [0.05, 0.1) is 11.1 Å². The summed E-state index contributed by atoms with van der Waals surface area (Å²) in [5.41, 5.74) is 2.05. The van der Waals surface area contributed by atoms with Gasteiger partial charge in [-0.2, -0.15) is 0 Å². The Balaban J connectivity index is 2.06. The van der Waals surface area contributed by atoms with Gasteiger partial charge < -0.3 is 15.2 Å². The molecule has 2 rings (SSSR count). The Labute approximate surface area is 134 Å². The van der Waals surface area contributed by atoms with Crippen molar-refractivity contribution in [1.82, 2.24) is 5.32 Å². The molecular weight excluding hydrogens is 330 g/mol. The lowest BCUT2D eigenvalue weighted by Gasteiger charge is -2.10. The zero-order valence-corrected chi connectivity index (χ0v) is 13.7. The molecule has 0 bridgehead atoms. The van der Waals surface area contributed by atoms with Crippen molar-refractivity contribution in [3.05, 3.63) is 58.1 Å². The van der Waals surface area contributed by atoms with Gasteiger partial charge in [-0.05, 0) is 64.3 Å². The molecule has 0 aliphatic carbocycles. The van der Waals surface area contributed by atoms with E-state index in [2.05, 4.69) is 40.3 Å². The molecule has 0 fully saturated rings. The standard InChI is InChI=1S/C17H20BrNO2/c1-2-8-19-11-13-6-7-17(16(18)10-13)21-15-5-3-4-14(9-15)12-20/h3-7,9-10,19-20H,2,8,11-12H2,1H3. The summed E-state index contributed by atoms with van der Waals surface area (Å²) in [7, 11) is 0. The molecule has 0 aliphatic heterocycles. The second-order valence-corrected chi connectivity index (χ2v) is 5.70. The third-order valence-electron chi connectivity index (χ3n) is 3.06. The van der Waals surface area contributed by atoms with E-state index in [4.69, 9.17) is 9.84 Å². The number of hydrogen-bond donors (Lipinski definition) is 2. The highest BCUT2D eigenvalue weighted by atomic mass is 79.9. The summed E-state index contributed by atoms with van der Waals surface area (Å²) >= 11 is 3.55. The first-order chi connectivity index (χ1) is 10.2. The van der Waals surface area contributed by atoms with Crippen LogP contribution in [0, 0.1) is 0 Å². The normalized spacial score (nSPS) is 10.6. The van der Waals surface area contributed by atoms with Gasteiger partial charge in [-0.25, -0.2) is 0 Å². The average molecular weight is 350 g/mol. The Bertz CT molecular complexity index is 587. The van der Waals surface area contributed by atoms with E-state index in [0.717, 1.165) is 41.0 Å². The molecule has 0 amide bonds. The maximum Gasteiger partial charge on any atom is 0.141 e. The van der Waals surface area contributed by atoms with Crippen LogP contribution in [-0.2, 0) is 13.2 Å². The first kappa shape index (κ1) is 16.0. The van der Waals surface area contributed by atoms with Gasteiger partial charge >= 0.3 is 0 Å². The predicted molar refractivity (Wildman–Crippen MR) is 88.6 cm³/mol. The van der Waals surface area contributed by atoms with Crippen LogP contribution in [0.15, 0.2) is 46.9 Å². The molecule has 0 heterocycles. The minimum Gasteiger partial charge on any atom is -0.456 e. The molecule has 2 aromatic carbocycles. The zero-order valence-electron chi connectivity index (χ0n) is 12.1. The van der Waals surface area contributed by atoms with Crippen LogP contribution in [0.4, 0.5) is 0 Å². The molecule has 0 saturated carbocycles. The molecule has 4 heteroatoms. The van der Waals surface area contributed by atoms with Crippen LogP contribution >= 0.6 is 15.9 Å². The number of aliphatic hydroxyl groups excluding tert-OH is 1. The molecular formula is C17H20BrNO2. The lowest BCUT2D eigenvalue weighted by molar-refractivity contribution is 0.281. The van der Waals surface area contributed by atoms with Crippen molar-refractivity contribution in [2.75, 3.05) is 6.54 Å². The van der Waals surface area contributed by atoms with E-state index in [1.807, 2.05) is 30.3 Å². The zero-order chi connectivity index (χ0) is 15.1. The van der Waals surface area contributed by atoms with E-state index < -0.39 is 0 Å². The van der Waals surface area contributed by atoms with E-state index >= 15 is 0 Å². The Kier molecular flexibility index (Phi) is 6.23. The number of halogens is 1. The molecule has 0 aliphatic rings. The minimum absolute atomic E-state index is 0.0143. The largest absolute Gasteiger partial charge is 0.456 e. The molecule has 0 radical (unpaired) electrons. The fourth-order valence-electron chi connectivity index (χ4n) is 1.98. The Morgan fingerprint density at radius 3 is 2.71 bits per heavy atom. The van der Waals surface area contributed by atoms with Crippen LogP contribution in [0.1, 0.15) is 24.5 Å². The second kappa shape index (κ2) is 8.17. The van der Waals surface area contributed by atoms with Crippen LogP contribution in [0.3, 0.4) is 0 Å². The summed E-state index contributed by atoms with van der Waals surface area (Å²) in [6.45, 7) is 4.04. The van der Waals surface area contributed by atoms with Crippen molar-refractivity contribution < 1.29 is 9.84 Å². The number of ether oxygens (including phenoxy) is 1. The van der Waals surface area contributed by atoms with E-state index in [9.17, 15) is 0 Å². The number of hydrogen-bond acceptors (Lipinski definition) is 3. The summed E-state index contributed by atoms with van der Waals surface area (Å²) < 4.78 is 6.78. The first-order valence-corrected chi connectivity index (χ1v) is 7.89. The van der Waals surface area contributed by atoms with Crippen molar-refractivity contribution in [3.63, 3.8) is 0 Å². The number of rotatable bonds is 7. The fourth-order valence-corrected chi connectivity index (χ4v) is 2.49. The van der Waals surface area contributed by atoms with Gasteiger partial charge in [0.2, 0.25) is 0 Å². The molecule has 0 unspecified atom stereocenters. The third-order valence-corrected chi connectivity index (χ3v) is 3.68. The predicted octanol–water partition coefficient (Wildman–Crippen LogP) is 4.23. The molecule has 2 N–H and O–H groups in total. The van der Waals surface area contributed by atoms with Gasteiger partial charge in [-0.1, -0.05) is 25.1 Å². The van der Waals surface area contributed by atoms with E-state index in [-0.39, 0.29) is 6.61 Å². The van der Waals surface area contributed by atoms with Crippen molar-refractivity contribution in [1.29, 1.82) is 0 Å². The summed E-state index contributed by atoms with van der Waals surface area (Å²) in [5, 5.41) is 12.5. The number of benzene rings is 2. The SMILES string of the molecule is CCCNCc1ccc(Oc2cccc(CO)c2)c(Br)c1. The number of aliphatic hydroxyl groups is 1. The van der Waals surface area contributed by atoms with E-state index in [1.165, 1.54) is 5.56 Å². The van der Waals surface area contributed by atoms with Crippen molar-refractivity contribution in [3.8, 4) is 11.5 Å². The topological polar surface area (TPSA) is 41.5 Å². The minimum atomic E-state index is 0.0143. The van der Waals surface area contributed by atoms with E-state index in [1.54, 1.807) is 0 Å². The second-order valence-electron chi connectivity index (χ2n) is 4.85. The van der Waals surface area contributed by atoms with Crippen molar-refractivity contribution in [2.24, 2.45) is 0 Å².